The van der Waals surface area contributed by atoms with Crippen LogP contribution in [0.15, 0.2) is 104 Å². The second-order valence-electron chi connectivity index (χ2n) is 6.67. The van der Waals surface area contributed by atoms with Crippen molar-refractivity contribution >= 4 is 40.7 Å². The molecule has 0 unspecified atom stereocenters. The maximum atomic E-state index is 3.64. The van der Waals surface area contributed by atoms with Crippen LogP contribution in [-0.2, 0) is 0 Å². The molecule has 3 rings (SSSR count). The van der Waals surface area contributed by atoms with Crippen molar-refractivity contribution in [3.8, 4) is 0 Å². The van der Waals surface area contributed by atoms with Crippen LogP contribution in [0.4, 0.5) is 0 Å². The molecule has 0 atom stereocenters. The van der Waals surface area contributed by atoms with Crippen molar-refractivity contribution in [3.05, 3.63) is 104 Å². The second kappa shape index (κ2) is 9.78. The summed E-state index contributed by atoms with van der Waals surface area (Å²) in [5.41, 5.74) is 0. The predicted molar refractivity (Wildman–Crippen MR) is 117 cm³/mol. The number of hydrogen-bond acceptors (Lipinski definition) is 0. The van der Waals surface area contributed by atoms with Gasteiger partial charge < -0.3 is 0 Å². The van der Waals surface area contributed by atoms with Gasteiger partial charge in [0.2, 0.25) is 0 Å². The SMILES string of the molecule is C=CC(C)(C)[SiH2].c1cc[c]([Sn]([c]2ccccc2)[c]2ccccc2)cc1. The van der Waals surface area contributed by atoms with Gasteiger partial charge in [0, 0.05) is 10.2 Å². The van der Waals surface area contributed by atoms with Crippen molar-refractivity contribution in [2.75, 3.05) is 0 Å². The van der Waals surface area contributed by atoms with Gasteiger partial charge in [0.05, 0.1) is 0 Å². The van der Waals surface area contributed by atoms with E-state index >= 15 is 0 Å². The molecule has 0 heterocycles. The molecule has 0 nitrogen and oxygen atoms in total. The molecule has 2 heteroatoms. The molecule has 0 spiro atoms. The van der Waals surface area contributed by atoms with Crippen LogP contribution in [0.3, 0.4) is 0 Å². The van der Waals surface area contributed by atoms with Gasteiger partial charge in [-0.3, -0.25) is 0 Å². The van der Waals surface area contributed by atoms with E-state index < -0.39 is 19.8 Å². The predicted octanol–water partition coefficient (Wildman–Crippen LogP) is 3.21. The first-order chi connectivity index (χ1) is 12.0. The molecule has 126 valence electrons. The Labute approximate surface area is 162 Å². The van der Waals surface area contributed by atoms with Gasteiger partial charge in [-0.25, -0.2) is 0 Å². The maximum absolute atomic E-state index is 3.64. The molecular formula is C23H26SiSn. The third-order valence-corrected chi connectivity index (χ3v) is 11.8. The Morgan fingerprint density at radius 1 is 0.680 bits per heavy atom. The summed E-state index contributed by atoms with van der Waals surface area (Å²) in [6, 6.07) is 32.9. The van der Waals surface area contributed by atoms with E-state index in [1.807, 2.05) is 16.3 Å². The normalized spacial score (nSPS) is 10.7. The summed E-state index contributed by atoms with van der Waals surface area (Å²) in [7, 11) is 1.94. The fraction of sp³-hybridized carbons (Fsp3) is 0.130. The molecule has 3 aromatic carbocycles. The summed E-state index contributed by atoms with van der Waals surface area (Å²) in [4.78, 5) is 0. The Morgan fingerprint density at radius 3 is 1.12 bits per heavy atom. The summed E-state index contributed by atoms with van der Waals surface area (Å²) in [6.45, 7) is 7.91. The molecule has 0 aromatic heterocycles. The summed E-state index contributed by atoms with van der Waals surface area (Å²) in [5, 5.41) is 0.333. The number of allylic oxidation sites excluding steroid dienone is 1. The van der Waals surface area contributed by atoms with E-state index in [1.165, 1.54) is 10.7 Å². The van der Waals surface area contributed by atoms with Crippen molar-refractivity contribution in [1.29, 1.82) is 0 Å². The standard InChI is InChI=1S/3C6H5.C5H11Si.Sn/c3*1-2-4-6-5-3-1;1-4-5(2,3)6;/h3*1-5H;4H,1,6H2,2-3H3;. The fourth-order valence-electron chi connectivity index (χ4n) is 2.31. The van der Waals surface area contributed by atoms with Crippen LogP contribution < -0.4 is 10.7 Å². The van der Waals surface area contributed by atoms with E-state index in [0.717, 1.165) is 0 Å². The monoisotopic (exact) mass is 450 g/mol. The van der Waals surface area contributed by atoms with E-state index in [9.17, 15) is 0 Å². The van der Waals surface area contributed by atoms with Crippen molar-refractivity contribution in [3.63, 3.8) is 0 Å². The Hall–Kier alpha value is -1.58. The van der Waals surface area contributed by atoms with Crippen molar-refractivity contribution in [1.82, 2.24) is 0 Å². The summed E-state index contributed by atoms with van der Waals surface area (Å²) in [6.07, 6.45) is 1.95. The van der Waals surface area contributed by atoms with Crippen molar-refractivity contribution in [2.45, 2.75) is 18.9 Å². The quantitative estimate of drug-likeness (QED) is 0.424. The van der Waals surface area contributed by atoms with Crippen LogP contribution >= 0.6 is 0 Å². The Kier molecular flexibility index (Phi) is 7.72. The van der Waals surface area contributed by atoms with Crippen molar-refractivity contribution < 1.29 is 0 Å². The van der Waals surface area contributed by atoms with Crippen LogP contribution in [-0.4, -0.2) is 30.0 Å². The zero-order valence-electron chi connectivity index (χ0n) is 15.2. The summed E-state index contributed by atoms with van der Waals surface area (Å²) < 4.78 is 4.59. The minimum atomic E-state index is -1.98. The van der Waals surface area contributed by atoms with Gasteiger partial charge in [-0.1, -0.05) is 19.9 Å². The molecule has 0 saturated heterocycles. The molecule has 0 bridgehead atoms. The molecule has 2 radical (unpaired) electrons. The molecule has 25 heavy (non-hydrogen) atoms. The van der Waals surface area contributed by atoms with Gasteiger partial charge in [-0.15, -0.1) is 6.58 Å². The van der Waals surface area contributed by atoms with Crippen LogP contribution in [0.2, 0.25) is 5.04 Å². The topological polar surface area (TPSA) is 0 Å². The van der Waals surface area contributed by atoms with Gasteiger partial charge in [0.25, 0.3) is 0 Å². The van der Waals surface area contributed by atoms with E-state index in [4.69, 9.17) is 0 Å². The number of hydrogen-bond donors (Lipinski definition) is 0. The average Bonchev–Trinajstić information content (AvgIpc) is 2.65. The van der Waals surface area contributed by atoms with Gasteiger partial charge in [0.15, 0.2) is 0 Å². The summed E-state index contributed by atoms with van der Waals surface area (Å²) in [5.74, 6) is 0. The Balaban J connectivity index is 0.000000326. The molecule has 0 fully saturated rings. The Morgan fingerprint density at radius 2 is 0.920 bits per heavy atom. The van der Waals surface area contributed by atoms with Gasteiger partial charge in [-0.2, -0.15) is 0 Å². The van der Waals surface area contributed by atoms with Crippen LogP contribution in [0.5, 0.6) is 0 Å². The first-order valence-electron chi connectivity index (χ1n) is 8.53. The molecule has 0 aliphatic rings. The number of rotatable bonds is 4. The first kappa shape index (κ1) is 19.7. The molecule has 0 aliphatic heterocycles. The van der Waals surface area contributed by atoms with Crippen LogP contribution in [0.1, 0.15) is 13.8 Å². The number of benzene rings is 3. The van der Waals surface area contributed by atoms with Gasteiger partial charge >= 0.3 is 121 Å². The molecule has 3 aromatic rings. The van der Waals surface area contributed by atoms with E-state index in [-0.39, 0.29) is 0 Å². The van der Waals surface area contributed by atoms with Gasteiger partial charge in [0.1, 0.15) is 0 Å². The zero-order valence-corrected chi connectivity index (χ0v) is 19.4. The third-order valence-electron chi connectivity index (χ3n) is 3.74. The van der Waals surface area contributed by atoms with Crippen molar-refractivity contribution in [2.24, 2.45) is 0 Å². The molecule has 0 aliphatic carbocycles. The van der Waals surface area contributed by atoms with Gasteiger partial charge in [-0.05, 0) is 5.04 Å². The van der Waals surface area contributed by atoms with E-state index in [2.05, 4.69) is 111 Å². The molecule has 0 saturated carbocycles. The summed E-state index contributed by atoms with van der Waals surface area (Å²) >= 11 is -1.98. The Bertz CT molecular complexity index is 652. The molecular weight excluding hydrogens is 423 g/mol. The van der Waals surface area contributed by atoms with Crippen LogP contribution in [0, 0.1) is 0 Å². The molecule has 0 amide bonds. The average molecular weight is 449 g/mol. The first-order valence-corrected chi connectivity index (χ1v) is 13.5. The molecule has 0 N–H and O–H groups in total. The van der Waals surface area contributed by atoms with E-state index in [1.54, 1.807) is 0 Å². The zero-order chi connectivity index (χ0) is 18.1. The van der Waals surface area contributed by atoms with Crippen LogP contribution in [0.25, 0.3) is 0 Å². The van der Waals surface area contributed by atoms with E-state index in [0.29, 0.717) is 5.04 Å². The minimum absolute atomic E-state index is 0.333. The second-order valence-corrected chi connectivity index (χ2v) is 15.6. The third kappa shape index (κ3) is 6.67. The fourth-order valence-corrected chi connectivity index (χ4v) is 9.67.